The highest BCUT2D eigenvalue weighted by molar-refractivity contribution is 5.83. The highest BCUT2D eigenvalue weighted by Crippen LogP contribution is 2.38. The van der Waals surface area contributed by atoms with Gasteiger partial charge in [0.1, 0.15) is 5.78 Å². The quantitative estimate of drug-likeness (QED) is 0.500. The molecule has 0 N–H and O–H groups in total. The number of hydrogen-bond donors (Lipinski definition) is 0. The smallest absolute Gasteiger partial charge is 0.139 e. The van der Waals surface area contributed by atoms with Crippen LogP contribution in [-0.4, -0.2) is 5.78 Å². The Morgan fingerprint density at radius 3 is 0.962 bits per heavy atom. The van der Waals surface area contributed by atoms with Crippen molar-refractivity contribution in [2.75, 3.05) is 0 Å². The summed E-state index contributed by atoms with van der Waals surface area (Å²) in [5, 5.41) is 0. The molecule has 1 nitrogen and oxygen atoms in total. The summed E-state index contributed by atoms with van der Waals surface area (Å²) in [6.45, 7) is 0. The van der Waals surface area contributed by atoms with Crippen LogP contribution in [0.15, 0.2) is 0 Å². The molecule has 0 atom stereocenters. The van der Waals surface area contributed by atoms with Gasteiger partial charge in [0, 0.05) is 11.8 Å². The molecule has 0 amide bonds. The number of ketones is 1. The maximum atomic E-state index is 12.2. The van der Waals surface area contributed by atoms with Crippen LogP contribution in [0.25, 0.3) is 0 Å². The predicted molar refractivity (Wildman–Crippen MR) is 111 cm³/mol. The Balaban J connectivity index is 0.000000152. The molecule has 0 heterocycles. The van der Waals surface area contributed by atoms with Gasteiger partial charge in [-0.15, -0.1) is 0 Å². The summed E-state index contributed by atoms with van der Waals surface area (Å²) in [5.74, 6) is 3.81. The van der Waals surface area contributed by atoms with Gasteiger partial charge in [0.05, 0.1) is 0 Å². The summed E-state index contributed by atoms with van der Waals surface area (Å²) >= 11 is 0. The molecule has 0 aromatic rings. The van der Waals surface area contributed by atoms with Crippen molar-refractivity contribution >= 4 is 5.78 Å². The number of Topliss-reactive ketones (excluding diaryl/α,β-unsaturated/α-hetero) is 1. The molecule has 0 spiro atoms. The summed E-state index contributed by atoms with van der Waals surface area (Å²) in [4.78, 5) is 12.2. The second kappa shape index (κ2) is 11.5. The lowest BCUT2D eigenvalue weighted by atomic mass is 9.73. The van der Waals surface area contributed by atoms with E-state index in [1.165, 1.54) is 103 Å². The Bertz CT molecular complexity index is 341. The van der Waals surface area contributed by atoms with Crippen LogP contribution in [0.5, 0.6) is 0 Å². The maximum Gasteiger partial charge on any atom is 0.139 e. The molecular formula is C25H44O. The van der Waals surface area contributed by atoms with Crippen LogP contribution in [-0.2, 0) is 4.79 Å². The SMILES string of the molecule is C1CCC(C2CCCCC2)CC1.O=C(C1CCCCC1)C1CCCCC1. The van der Waals surface area contributed by atoms with E-state index in [1.807, 2.05) is 0 Å². The first-order valence-corrected chi connectivity index (χ1v) is 12.4. The van der Waals surface area contributed by atoms with Gasteiger partial charge in [-0.05, 0) is 37.5 Å². The zero-order valence-corrected chi connectivity index (χ0v) is 17.4. The number of carbonyl (C=O) groups excluding carboxylic acids is 1. The van der Waals surface area contributed by atoms with Crippen molar-refractivity contribution in [1.29, 1.82) is 0 Å². The molecular weight excluding hydrogens is 316 g/mol. The van der Waals surface area contributed by atoms with Gasteiger partial charge in [0.25, 0.3) is 0 Å². The minimum atomic E-state index is 0.451. The van der Waals surface area contributed by atoms with Crippen LogP contribution in [0.2, 0.25) is 0 Å². The number of carbonyl (C=O) groups is 1. The normalized spacial score (nSPS) is 27.5. The Kier molecular flexibility index (Phi) is 9.02. The monoisotopic (exact) mass is 360 g/mol. The third-order valence-electron chi connectivity index (χ3n) is 7.98. The van der Waals surface area contributed by atoms with Crippen LogP contribution in [0.3, 0.4) is 0 Å². The average Bonchev–Trinajstić information content (AvgIpc) is 2.76. The molecule has 0 unspecified atom stereocenters. The molecule has 0 aromatic heterocycles. The van der Waals surface area contributed by atoms with Crippen molar-refractivity contribution in [2.24, 2.45) is 23.7 Å². The van der Waals surface area contributed by atoms with E-state index in [0.29, 0.717) is 17.6 Å². The van der Waals surface area contributed by atoms with E-state index in [1.54, 1.807) is 25.7 Å². The molecule has 4 fully saturated rings. The third-order valence-corrected chi connectivity index (χ3v) is 7.98. The van der Waals surface area contributed by atoms with Crippen LogP contribution in [0.1, 0.15) is 128 Å². The Hall–Kier alpha value is -0.330. The van der Waals surface area contributed by atoms with Crippen LogP contribution in [0, 0.1) is 23.7 Å². The van der Waals surface area contributed by atoms with Crippen molar-refractivity contribution < 1.29 is 4.79 Å². The fraction of sp³-hybridized carbons (Fsp3) is 0.960. The summed E-state index contributed by atoms with van der Waals surface area (Å²) in [5.41, 5.74) is 0. The van der Waals surface area contributed by atoms with E-state index in [0.717, 1.165) is 11.8 Å². The van der Waals surface area contributed by atoms with E-state index in [4.69, 9.17) is 0 Å². The predicted octanol–water partition coefficient (Wildman–Crippen LogP) is 7.86. The van der Waals surface area contributed by atoms with E-state index in [-0.39, 0.29) is 0 Å². The molecule has 150 valence electrons. The van der Waals surface area contributed by atoms with Crippen molar-refractivity contribution in [1.82, 2.24) is 0 Å². The summed E-state index contributed by atoms with van der Waals surface area (Å²) < 4.78 is 0. The fourth-order valence-electron chi connectivity index (χ4n) is 6.32. The summed E-state index contributed by atoms with van der Waals surface area (Å²) in [6, 6.07) is 0. The van der Waals surface area contributed by atoms with Crippen molar-refractivity contribution in [3.8, 4) is 0 Å². The highest BCUT2D eigenvalue weighted by Gasteiger charge is 2.28. The lowest BCUT2D eigenvalue weighted by Gasteiger charge is -2.32. The van der Waals surface area contributed by atoms with Crippen LogP contribution < -0.4 is 0 Å². The first-order valence-electron chi connectivity index (χ1n) is 12.4. The Morgan fingerprint density at radius 1 is 0.385 bits per heavy atom. The van der Waals surface area contributed by atoms with Crippen LogP contribution in [0.4, 0.5) is 0 Å². The lowest BCUT2D eigenvalue weighted by molar-refractivity contribution is -0.128. The molecule has 0 aliphatic heterocycles. The van der Waals surface area contributed by atoms with E-state index >= 15 is 0 Å². The van der Waals surface area contributed by atoms with Crippen molar-refractivity contribution in [3.05, 3.63) is 0 Å². The topological polar surface area (TPSA) is 17.1 Å². The van der Waals surface area contributed by atoms with Gasteiger partial charge in [-0.25, -0.2) is 0 Å². The highest BCUT2D eigenvalue weighted by atomic mass is 16.1. The maximum absolute atomic E-state index is 12.2. The molecule has 0 radical (unpaired) electrons. The van der Waals surface area contributed by atoms with Crippen molar-refractivity contribution in [3.63, 3.8) is 0 Å². The van der Waals surface area contributed by atoms with Crippen molar-refractivity contribution in [2.45, 2.75) is 128 Å². The Labute approximate surface area is 163 Å². The van der Waals surface area contributed by atoms with Gasteiger partial charge in [0.2, 0.25) is 0 Å². The fourth-order valence-corrected chi connectivity index (χ4v) is 6.32. The average molecular weight is 361 g/mol. The van der Waals surface area contributed by atoms with Gasteiger partial charge >= 0.3 is 0 Å². The Morgan fingerprint density at radius 2 is 0.654 bits per heavy atom. The number of hydrogen-bond acceptors (Lipinski definition) is 1. The summed E-state index contributed by atoms with van der Waals surface area (Å²) in [7, 11) is 0. The standard InChI is InChI=1S/C13H22O.C12H22/c14-13(11-7-3-1-4-8-11)12-9-5-2-6-10-12;1-3-7-11(8-4-1)12-9-5-2-6-10-12/h11-12H,1-10H2;11-12H,1-10H2. The third kappa shape index (κ3) is 6.38. The molecule has 0 saturated heterocycles. The van der Waals surface area contributed by atoms with Gasteiger partial charge < -0.3 is 0 Å². The minimum absolute atomic E-state index is 0.451. The van der Waals surface area contributed by atoms with E-state index in [9.17, 15) is 4.79 Å². The molecule has 4 aliphatic carbocycles. The second-order valence-electron chi connectivity index (χ2n) is 9.87. The molecule has 1 heteroatoms. The summed E-state index contributed by atoms with van der Waals surface area (Å²) in [6.07, 6.45) is 28.0. The molecule has 4 saturated carbocycles. The van der Waals surface area contributed by atoms with Gasteiger partial charge in [0.15, 0.2) is 0 Å². The molecule has 4 rings (SSSR count). The van der Waals surface area contributed by atoms with Crippen LogP contribution >= 0.6 is 0 Å². The first-order chi connectivity index (χ1) is 12.8. The molecule has 0 bridgehead atoms. The first kappa shape index (κ1) is 20.4. The zero-order chi connectivity index (χ0) is 18.0. The molecule has 26 heavy (non-hydrogen) atoms. The molecule has 0 aromatic carbocycles. The molecule has 4 aliphatic rings. The number of rotatable bonds is 3. The van der Waals surface area contributed by atoms with Gasteiger partial charge in [-0.3, -0.25) is 4.79 Å². The minimum Gasteiger partial charge on any atom is -0.299 e. The van der Waals surface area contributed by atoms with E-state index in [2.05, 4.69) is 0 Å². The largest absolute Gasteiger partial charge is 0.299 e. The second-order valence-corrected chi connectivity index (χ2v) is 9.87. The zero-order valence-electron chi connectivity index (χ0n) is 17.4. The lowest BCUT2D eigenvalue weighted by Crippen LogP contribution is -2.27. The van der Waals surface area contributed by atoms with E-state index < -0.39 is 0 Å². The van der Waals surface area contributed by atoms with Gasteiger partial charge in [-0.1, -0.05) is 103 Å². The van der Waals surface area contributed by atoms with Gasteiger partial charge in [-0.2, -0.15) is 0 Å².